The first-order chi connectivity index (χ1) is 8.22. The van der Waals surface area contributed by atoms with E-state index in [1.807, 2.05) is 0 Å². The lowest BCUT2D eigenvalue weighted by molar-refractivity contribution is 0.169. The lowest BCUT2D eigenvalue weighted by Gasteiger charge is -2.34. The van der Waals surface area contributed by atoms with E-state index < -0.39 is 0 Å². The van der Waals surface area contributed by atoms with Gasteiger partial charge in [-0.05, 0) is 30.5 Å². The van der Waals surface area contributed by atoms with Crippen molar-refractivity contribution in [2.45, 2.75) is 26.3 Å². The van der Waals surface area contributed by atoms with Gasteiger partial charge in [0.05, 0.1) is 0 Å². The zero-order valence-electron chi connectivity index (χ0n) is 10.7. The molecule has 17 heavy (non-hydrogen) atoms. The van der Waals surface area contributed by atoms with E-state index >= 15 is 0 Å². The molecule has 0 bridgehead atoms. The summed E-state index contributed by atoms with van der Waals surface area (Å²) in [4.78, 5) is 2.59. The smallest absolute Gasteiger partial charge is 0.0346 e. The Balaban J connectivity index is 2.18. The van der Waals surface area contributed by atoms with E-state index in [-0.39, 0.29) is 0 Å². The van der Waals surface area contributed by atoms with Crippen molar-refractivity contribution in [1.82, 2.24) is 10.2 Å². The van der Waals surface area contributed by atoms with Crippen molar-refractivity contribution in [3.8, 4) is 0 Å². The van der Waals surface area contributed by atoms with Crippen LogP contribution in [0.2, 0.25) is 0 Å². The molecule has 0 saturated carbocycles. The van der Waals surface area contributed by atoms with Crippen molar-refractivity contribution in [3.63, 3.8) is 0 Å². The molecule has 1 atom stereocenters. The SMILES string of the molecule is CCC(c1ccc(C)c(Br)c1)N1CCNCC1. The first kappa shape index (κ1) is 13.1. The van der Waals surface area contributed by atoms with Gasteiger partial charge < -0.3 is 5.32 Å². The van der Waals surface area contributed by atoms with Crippen molar-refractivity contribution < 1.29 is 0 Å². The number of nitrogens with zero attached hydrogens (tertiary/aromatic N) is 1. The topological polar surface area (TPSA) is 15.3 Å². The summed E-state index contributed by atoms with van der Waals surface area (Å²) in [6.45, 7) is 8.96. The van der Waals surface area contributed by atoms with Crippen molar-refractivity contribution in [2.75, 3.05) is 26.2 Å². The predicted molar refractivity (Wildman–Crippen MR) is 76.4 cm³/mol. The molecule has 3 heteroatoms. The molecule has 0 aliphatic carbocycles. The van der Waals surface area contributed by atoms with E-state index in [1.54, 1.807) is 0 Å². The molecule has 1 saturated heterocycles. The highest BCUT2D eigenvalue weighted by atomic mass is 79.9. The van der Waals surface area contributed by atoms with Crippen LogP contribution in [0.4, 0.5) is 0 Å². The molecule has 94 valence electrons. The number of benzene rings is 1. The van der Waals surface area contributed by atoms with Gasteiger partial charge in [0, 0.05) is 36.7 Å². The monoisotopic (exact) mass is 296 g/mol. The summed E-state index contributed by atoms with van der Waals surface area (Å²) in [5.74, 6) is 0. The average molecular weight is 297 g/mol. The van der Waals surface area contributed by atoms with Crippen LogP contribution in [0.5, 0.6) is 0 Å². The van der Waals surface area contributed by atoms with Crippen LogP contribution in [0.1, 0.15) is 30.5 Å². The first-order valence-corrected chi connectivity index (χ1v) is 7.22. The molecular weight excluding hydrogens is 276 g/mol. The van der Waals surface area contributed by atoms with Gasteiger partial charge in [0.15, 0.2) is 0 Å². The molecule has 1 fully saturated rings. The Kier molecular flexibility index (Phi) is 4.60. The molecule has 0 amide bonds. The molecule has 1 aliphatic heterocycles. The van der Waals surface area contributed by atoms with Crippen LogP contribution in [0, 0.1) is 6.92 Å². The fourth-order valence-corrected chi connectivity index (χ4v) is 2.91. The Hall–Kier alpha value is -0.380. The minimum atomic E-state index is 0.564. The van der Waals surface area contributed by atoms with Crippen LogP contribution in [0.25, 0.3) is 0 Å². The zero-order valence-corrected chi connectivity index (χ0v) is 12.3. The lowest BCUT2D eigenvalue weighted by atomic mass is 10.0. The van der Waals surface area contributed by atoms with E-state index in [1.165, 1.54) is 22.0 Å². The normalized spacial score (nSPS) is 19.2. The lowest BCUT2D eigenvalue weighted by Crippen LogP contribution is -2.45. The maximum absolute atomic E-state index is 3.64. The van der Waals surface area contributed by atoms with Gasteiger partial charge in [-0.15, -0.1) is 0 Å². The van der Waals surface area contributed by atoms with Crippen LogP contribution in [0.3, 0.4) is 0 Å². The summed E-state index contributed by atoms with van der Waals surface area (Å²) in [7, 11) is 0. The number of aryl methyl sites for hydroxylation is 1. The fourth-order valence-electron chi connectivity index (χ4n) is 2.51. The highest BCUT2D eigenvalue weighted by molar-refractivity contribution is 9.10. The Bertz CT molecular complexity index is 372. The zero-order chi connectivity index (χ0) is 12.3. The van der Waals surface area contributed by atoms with E-state index in [0.717, 1.165) is 26.2 Å². The van der Waals surface area contributed by atoms with Crippen molar-refractivity contribution >= 4 is 15.9 Å². The molecule has 1 aromatic carbocycles. The predicted octanol–water partition coefficient (Wildman–Crippen LogP) is 3.11. The standard InChI is InChI=1S/C14H21BrN2/c1-3-14(17-8-6-16-7-9-17)12-5-4-11(2)13(15)10-12/h4-5,10,14,16H,3,6-9H2,1-2H3. The van der Waals surface area contributed by atoms with Gasteiger partial charge in [0.2, 0.25) is 0 Å². The van der Waals surface area contributed by atoms with Gasteiger partial charge in [-0.3, -0.25) is 4.90 Å². The minimum absolute atomic E-state index is 0.564. The van der Waals surface area contributed by atoms with Gasteiger partial charge in [-0.25, -0.2) is 0 Å². The Labute approximate surface area is 113 Å². The summed E-state index contributed by atoms with van der Waals surface area (Å²) in [6.07, 6.45) is 1.18. The third-order valence-corrected chi connectivity index (χ3v) is 4.41. The average Bonchev–Trinajstić information content (AvgIpc) is 2.36. The number of piperazine rings is 1. The molecule has 1 aliphatic rings. The second kappa shape index (κ2) is 5.98. The third-order valence-electron chi connectivity index (χ3n) is 3.56. The van der Waals surface area contributed by atoms with Gasteiger partial charge >= 0.3 is 0 Å². The summed E-state index contributed by atoms with van der Waals surface area (Å²) in [5.41, 5.74) is 2.75. The third kappa shape index (κ3) is 3.09. The summed E-state index contributed by atoms with van der Waals surface area (Å²) < 4.78 is 1.23. The molecule has 0 spiro atoms. The molecular formula is C14H21BrN2. The van der Waals surface area contributed by atoms with Crippen LogP contribution >= 0.6 is 15.9 Å². The maximum atomic E-state index is 3.64. The largest absolute Gasteiger partial charge is 0.314 e. The second-order valence-corrected chi connectivity index (χ2v) is 5.57. The van der Waals surface area contributed by atoms with Crippen LogP contribution in [0.15, 0.2) is 22.7 Å². The van der Waals surface area contributed by atoms with E-state index in [4.69, 9.17) is 0 Å². The molecule has 1 heterocycles. The Morgan fingerprint density at radius 1 is 1.35 bits per heavy atom. The van der Waals surface area contributed by atoms with E-state index in [0.29, 0.717) is 6.04 Å². The highest BCUT2D eigenvalue weighted by Gasteiger charge is 2.20. The molecule has 2 nitrogen and oxygen atoms in total. The second-order valence-electron chi connectivity index (χ2n) is 4.72. The van der Waals surface area contributed by atoms with Gasteiger partial charge in [-0.1, -0.05) is 35.0 Å². The van der Waals surface area contributed by atoms with Crippen LogP contribution in [-0.2, 0) is 0 Å². The van der Waals surface area contributed by atoms with Crippen molar-refractivity contribution in [1.29, 1.82) is 0 Å². The van der Waals surface area contributed by atoms with Crippen LogP contribution in [-0.4, -0.2) is 31.1 Å². The highest BCUT2D eigenvalue weighted by Crippen LogP contribution is 2.28. The van der Waals surface area contributed by atoms with Crippen molar-refractivity contribution in [3.05, 3.63) is 33.8 Å². The molecule has 1 aromatic rings. The van der Waals surface area contributed by atoms with Crippen LogP contribution < -0.4 is 5.32 Å². The van der Waals surface area contributed by atoms with E-state index in [2.05, 4.69) is 58.2 Å². The minimum Gasteiger partial charge on any atom is -0.314 e. The number of rotatable bonds is 3. The quantitative estimate of drug-likeness (QED) is 0.922. The fraction of sp³-hybridized carbons (Fsp3) is 0.571. The van der Waals surface area contributed by atoms with Crippen molar-refractivity contribution in [2.24, 2.45) is 0 Å². The molecule has 1 unspecified atom stereocenters. The summed E-state index contributed by atoms with van der Waals surface area (Å²) >= 11 is 3.64. The Morgan fingerprint density at radius 3 is 2.65 bits per heavy atom. The van der Waals surface area contributed by atoms with Gasteiger partial charge in [-0.2, -0.15) is 0 Å². The van der Waals surface area contributed by atoms with Gasteiger partial charge in [0.25, 0.3) is 0 Å². The number of hydrogen-bond acceptors (Lipinski definition) is 2. The van der Waals surface area contributed by atoms with E-state index in [9.17, 15) is 0 Å². The summed E-state index contributed by atoms with van der Waals surface area (Å²) in [5, 5.41) is 3.41. The molecule has 1 N–H and O–H groups in total. The summed E-state index contributed by atoms with van der Waals surface area (Å²) in [6, 6.07) is 7.33. The molecule has 2 rings (SSSR count). The van der Waals surface area contributed by atoms with Gasteiger partial charge in [0.1, 0.15) is 0 Å². The molecule has 0 aromatic heterocycles. The molecule has 0 radical (unpaired) electrons. The Morgan fingerprint density at radius 2 is 2.06 bits per heavy atom. The number of nitrogens with one attached hydrogen (secondary N) is 1. The maximum Gasteiger partial charge on any atom is 0.0346 e. The number of hydrogen-bond donors (Lipinski definition) is 1. The first-order valence-electron chi connectivity index (χ1n) is 6.43. The number of halogens is 1.